The number of benzene rings is 1. The molecule has 0 bridgehead atoms. The van der Waals surface area contributed by atoms with Crippen molar-refractivity contribution in [1.29, 1.82) is 0 Å². The van der Waals surface area contributed by atoms with E-state index in [2.05, 4.69) is 28.2 Å². The number of carbonyl (C=O) groups excluding carboxylic acids is 4. The van der Waals surface area contributed by atoms with Crippen LogP contribution in [0.3, 0.4) is 0 Å². The van der Waals surface area contributed by atoms with Crippen LogP contribution in [0.4, 0.5) is 4.39 Å². The smallest absolute Gasteiger partial charge is 0.247 e. The Morgan fingerprint density at radius 2 is 1.78 bits per heavy atom. The largest absolute Gasteiger partial charge is 0.352 e. The minimum atomic E-state index is -0.998. The van der Waals surface area contributed by atoms with Crippen molar-refractivity contribution in [3.05, 3.63) is 60.0 Å². The summed E-state index contributed by atoms with van der Waals surface area (Å²) < 4.78 is 13.9. The van der Waals surface area contributed by atoms with E-state index < -0.39 is 35.8 Å². The summed E-state index contributed by atoms with van der Waals surface area (Å²) >= 11 is 0. The van der Waals surface area contributed by atoms with Gasteiger partial charge in [-0.1, -0.05) is 89.7 Å². The fourth-order valence-electron chi connectivity index (χ4n) is 4.53. The molecule has 1 aromatic rings. The van der Waals surface area contributed by atoms with Crippen LogP contribution in [0.25, 0.3) is 0 Å². The quantitative estimate of drug-likeness (QED) is 0.198. The lowest BCUT2D eigenvalue weighted by Crippen LogP contribution is -2.55. The summed E-state index contributed by atoms with van der Waals surface area (Å²) in [7, 11) is 0. The molecular formula is C32H47FN4O4. The molecule has 0 saturated carbocycles. The third-order valence-corrected chi connectivity index (χ3v) is 6.99. The molecule has 3 atom stereocenters. The summed E-state index contributed by atoms with van der Waals surface area (Å²) in [6, 6.07) is 3.49. The van der Waals surface area contributed by atoms with E-state index in [1.807, 2.05) is 13.8 Å². The molecular weight excluding hydrogens is 523 g/mol. The van der Waals surface area contributed by atoms with Gasteiger partial charge in [-0.15, -0.1) is 0 Å². The second kappa shape index (κ2) is 18.8. The minimum Gasteiger partial charge on any atom is -0.352 e. The van der Waals surface area contributed by atoms with Gasteiger partial charge in [0.15, 0.2) is 0 Å². The number of amides is 4. The van der Waals surface area contributed by atoms with Gasteiger partial charge >= 0.3 is 0 Å². The maximum Gasteiger partial charge on any atom is 0.247 e. The molecule has 8 nitrogen and oxygen atoms in total. The molecule has 0 aliphatic carbocycles. The Labute approximate surface area is 244 Å². The maximum atomic E-state index is 13.9. The molecule has 4 amide bonds. The van der Waals surface area contributed by atoms with Gasteiger partial charge in [0.05, 0.1) is 0 Å². The lowest BCUT2D eigenvalue weighted by Gasteiger charge is -2.25. The van der Waals surface area contributed by atoms with Crippen molar-refractivity contribution in [3.8, 4) is 0 Å². The lowest BCUT2D eigenvalue weighted by atomic mass is 10.0. The van der Waals surface area contributed by atoms with Crippen molar-refractivity contribution in [1.82, 2.24) is 21.3 Å². The number of halogens is 1. The van der Waals surface area contributed by atoms with E-state index in [0.29, 0.717) is 24.9 Å². The van der Waals surface area contributed by atoms with Crippen molar-refractivity contribution in [2.75, 3.05) is 6.54 Å². The van der Waals surface area contributed by atoms with E-state index >= 15 is 0 Å². The van der Waals surface area contributed by atoms with Crippen molar-refractivity contribution in [3.63, 3.8) is 0 Å². The molecule has 0 spiro atoms. The van der Waals surface area contributed by atoms with Crippen LogP contribution in [0, 0.1) is 11.7 Å². The van der Waals surface area contributed by atoms with E-state index in [1.54, 1.807) is 30.4 Å². The zero-order valence-electron chi connectivity index (χ0n) is 24.7. The highest BCUT2D eigenvalue weighted by Crippen LogP contribution is 2.11. The molecule has 0 unspecified atom stereocenters. The fourth-order valence-corrected chi connectivity index (χ4v) is 4.53. The summed E-state index contributed by atoms with van der Waals surface area (Å²) in [6.07, 6.45) is 14.7. The first kappa shape index (κ1) is 33.7. The van der Waals surface area contributed by atoms with Gasteiger partial charge in [-0.2, -0.15) is 0 Å². The number of hydrogen-bond acceptors (Lipinski definition) is 4. The average molecular weight is 571 g/mol. The lowest BCUT2D eigenvalue weighted by molar-refractivity contribution is -0.131. The molecule has 226 valence electrons. The summed E-state index contributed by atoms with van der Waals surface area (Å²) in [5.41, 5.74) is 0.556. The van der Waals surface area contributed by atoms with Crippen LogP contribution < -0.4 is 21.3 Å². The van der Waals surface area contributed by atoms with Gasteiger partial charge in [-0.3, -0.25) is 19.2 Å². The molecule has 41 heavy (non-hydrogen) atoms. The summed E-state index contributed by atoms with van der Waals surface area (Å²) in [5.74, 6) is -1.90. The van der Waals surface area contributed by atoms with E-state index in [1.165, 1.54) is 37.5 Å². The Morgan fingerprint density at radius 3 is 2.49 bits per heavy atom. The van der Waals surface area contributed by atoms with Crippen LogP contribution in [0.15, 0.2) is 48.6 Å². The first-order valence-electron chi connectivity index (χ1n) is 15.0. The number of unbranched alkanes of at least 4 members (excludes halogenated alkanes) is 6. The van der Waals surface area contributed by atoms with Crippen molar-refractivity contribution < 1.29 is 23.6 Å². The molecule has 9 heteroatoms. The van der Waals surface area contributed by atoms with E-state index in [0.717, 1.165) is 25.7 Å². The number of rotatable bonds is 14. The monoisotopic (exact) mass is 570 g/mol. The van der Waals surface area contributed by atoms with Gasteiger partial charge in [0.25, 0.3) is 0 Å². The van der Waals surface area contributed by atoms with Crippen molar-refractivity contribution >= 4 is 23.6 Å². The normalized spacial score (nSPS) is 20.1. The third kappa shape index (κ3) is 13.6. The summed E-state index contributed by atoms with van der Waals surface area (Å²) in [5, 5.41) is 11.2. The van der Waals surface area contributed by atoms with Crippen LogP contribution in [0.2, 0.25) is 0 Å². The second-order valence-corrected chi connectivity index (χ2v) is 11.0. The predicted octanol–water partition coefficient (Wildman–Crippen LogP) is 4.25. The Bertz CT molecular complexity index is 1060. The van der Waals surface area contributed by atoms with Crippen LogP contribution in [0.5, 0.6) is 0 Å². The Kier molecular flexibility index (Phi) is 15.4. The highest BCUT2D eigenvalue weighted by Gasteiger charge is 2.27. The molecule has 0 radical (unpaired) electrons. The molecule has 1 heterocycles. The summed E-state index contributed by atoms with van der Waals surface area (Å²) in [6.45, 7) is 6.38. The van der Waals surface area contributed by atoms with Gasteiger partial charge in [-0.05, 0) is 36.5 Å². The standard InChI is InChI=1S/C32H47FN4O4/c1-4-5-6-7-8-9-10-17-30(39)35-28(22-24-14-13-15-25(33)21-24)32(41)37-27-16-11-12-20-34-29(38)19-18-26(23(2)3)36-31(27)40/h11,13-16,18-19,21,23,26-28H,4-10,12,17,20,22H2,1-3H3,(H,34,38)(H,35,39)(H,36,40)(H,37,41)/b16-11+,19-18+/t26-,27+,28+/m1/s1. The molecule has 0 aromatic heterocycles. The number of hydrogen-bond donors (Lipinski definition) is 4. The zero-order valence-corrected chi connectivity index (χ0v) is 24.7. The van der Waals surface area contributed by atoms with Gasteiger partial charge in [-0.25, -0.2) is 4.39 Å². The topological polar surface area (TPSA) is 116 Å². The second-order valence-electron chi connectivity index (χ2n) is 11.0. The Morgan fingerprint density at radius 1 is 1.05 bits per heavy atom. The minimum absolute atomic E-state index is 0.00192. The third-order valence-electron chi connectivity index (χ3n) is 6.99. The molecule has 1 aliphatic rings. The highest BCUT2D eigenvalue weighted by molar-refractivity contribution is 5.93. The van der Waals surface area contributed by atoms with Gasteiger partial charge < -0.3 is 21.3 Å². The SMILES string of the molecule is CCCCCCCCCC(=O)N[C@@H](Cc1cccc(F)c1)C(=O)N[C@H]1/C=C/CCNC(=O)/C=C/[C@H](C(C)C)NC1=O. The molecule has 0 saturated heterocycles. The van der Waals surface area contributed by atoms with Crippen LogP contribution >= 0.6 is 0 Å². The maximum absolute atomic E-state index is 13.9. The molecule has 4 N–H and O–H groups in total. The van der Waals surface area contributed by atoms with Gasteiger partial charge in [0.2, 0.25) is 23.6 Å². The number of carbonyl (C=O) groups is 4. The van der Waals surface area contributed by atoms with Crippen LogP contribution in [-0.4, -0.2) is 48.3 Å². The van der Waals surface area contributed by atoms with Crippen molar-refractivity contribution in [2.45, 2.75) is 103 Å². The average Bonchev–Trinajstić information content (AvgIpc) is 2.92. The molecule has 1 aliphatic heterocycles. The highest BCUT2D eigenvalue weighted by atomic mass is 19.1. The van der Waals surface area contributed by atoms with Crippen LogP contribution in [-0.2, 0) is 25.6 Å². The molecule has 2 rings (SSSR count). The Hall–Kier alpha value is -3.49. The first-order chi connectivity index (χ1) is 19.7. The van der Waals surface area contributed by atoms with Crippen molar-refractivity contribution in [2.24, 2.45) is 5.92 Å². The van der Waals surface area contributed by atoms with E-state index in [-0.39, 0.29) is 24.2 Å². The van der Waals surface area contributed by atoms with Crippen LogP contribution in [0.1, 0.15) is 84.1 Å². The molecule has 1 aromatic carbocycles. The van der Waals surface area contributed by atoms with Gasteiger partial charge in [0, 0.05) is 31.5 Å². The zero-order chi connectivity index (χ0) is 30.0. The van der Waals surface area contributed by atoms with Gasteiger partial charge in [0.1, 0.15) is 17.9 Å². The van der Waals surface area contributed by atoms with E-state index in [4.69, 9.17) is 0 Å². The summed E-state index contributed by atoms with van der Waals surface area (Å²) in [4.78, 5) is 51.5. The van der Waals surface area contributed by atoms with E-state index in [9.17, 15) is 23.6 Å². The first-order valence-corrected chi connectivity index (χ1v) is 15.0. The molecule has 0 fully saturated rings. The Balaban J connectivity index is 2.12. The fraction of sp³-hybridized carbons (Fsp3) is 0.562. The predicted molar refractivity (Wildman–Crippen MR) is 159 cm³/mol. The number of nitrogens with one attached hydrogen (secondary N) is 4.